The van der Waals surface area contributed by atoms with Crippen LogP contribution in [0.25, 0.3) is 6.08 Å². The van der Waals surface area contributed by atoms with Crippen molar-refractivity contribution in [2.45, 2.75) is 11.8 Å². The summed E-state index contributed by atoms with van der Waals surface area (Å²) in [6.07, 6.45) is 2.73. The third-order valence-electron chi connectivity index (χ3n) is 4.03. The molecular formula is C21H14ClFN2O3S. The molecule has 0 fully saturated rings. The average Bonchev–Trinajstić information content (AvgIpc) is 3.02. The molecular weight excluding hydrogens is 415 g/mol. The van der Waals surface area contributed by atoms with Crippen LogP contribution in [-0.4, -0.2) is 22.4 Å². The number of carbonyl (C=O) groups excluding carboxylic acids is 1. The van der Waals surface area contributed by atoms with E-state index in [1.54, 1.807) is 24.3 Å². The number of ether oxygens (including phenoxy) is 2. The minimum absolute atomic E-state index is 0.0124. The van der Waals surface area contributed by atoms with Crippen molar-refractivity contribution in [3.8, 4) is 17.4 Å². The predicted molar refractivity (Wildman–Crippen MR) is 109 cm³/mol. The van der Waals surface area contributed by atoms with E-state index in [-0.39, 0.29) is 22.7 Å². The van der Waals surface area contributed by atoms with Gasteiger partial charge in [-0.1, -0.05) is 30.0 Å². The fourth-order valence-electron chi connectivity index (χ4n) is 2.76. The van der Waals surface area contributed by atoms with Crippen LogP contribution in [-0.2, 0) is 0 Å². The van der Waals surface area contributed by atoms with Crippen LogP contribution in [0.3, 0.4) is 0 Å². The number of halogens is 2. The van der Waals surface area contributed by atoms with Gasteiger partial charge in [0.15, 0.2) is 11.5 Å². The number of hydrogen-bond donors (Lipinski definition) is 0. The number of ketones is 1. The number of Topliss-reactive ketones (excluding diaryl/α,β-unsaturated/α-hetero) is 1. The maximum absolute atomic E-state index is 13.9. The maximum Gasteiger partial charge on any atom is 0.260 e. The molecule has 0 saturated heterocycles. The van der Waals surface area contributed by atoms with Gasteiger partial charge < -0.3 is 9.47 Å². The van der Waals surface area contributed by atoms with Crippen molar-refractivity contribution in [3.05, 3.63) is 75.8 Å². The number of carbonyl (C=O) groups is 1. The molecule has 2 aromatic carbocycles. The highest BCUT2D eigenvalue weighted by molar-refractivity contribution is 8.04. The number of allylic oxidation sites excluding steroid dienone is 1. The molecule has 0 unspecified atom stereocenters. The number of rotatable bonds is 5. The number of thioether (sulfide) groups is 1. The lowest BCUT2D eigenvalue weighted by atomic mass is 10.1. The van der Waals surface area contributed by atoms with Crippen molar-refractivity contribution in [2.24, 2.45) is 0 Å². The van der Waals surface area contributed by atoms with Crippen molar-refractivity contribution in [2.75, 3.05) is 6.61 Å². The van der Waals surface area contributed by atoms with Gasteiger partial charge in [0.25, 0.3) is 5.88 Å². The van der Waals surface area contributed by atoms with Crippen molar-refractivity contribution in [3.63, 3.8) is 0 Å². The topological polar surface area (TPSA) is 61.3 Å². The van der Waals surface area contributed by atoms with Crippen molar-refractivity contribution < 1.29 is 18.7 Å². The van der Waals surface area contributed by atoms with Gasteiger partial charge >= 0.3 is 0 Å². The summed E-state index contributed by atoms with van der Waals surface area (Å²) in [6, 6.07) is 12.6. The highest BCUT2D eigenvalue weighted by Crippen LogP contribution is 2.41. The molecule has 0 N–H and O–H groups in total. The van der Waals surface area contributed by atoms with Gasteiger partial charge in [-0.15, -0.1) is 0 Å². The van der Waals surface area contributed by atoms with Crippen LogP contribution in [0.5, 0.6) is 17.4 Å². The number of hydrogen-bond acceptors (Lipinski definition) is 6. The fraction of sp³-hybridized carbons (Fsp3) is 0.0952. The molecule has 0 amide bonds. The minimum atomic E-state index is -0.742. The summed E-state index contributed by atoms with van der Waals surface area (Å²) in [5.41, 5.74) is 1.45. The first-order valence-electron chi connectivity index (χ1n) is 8.71. The Labute approximate surface area is 175 Å². The fourth-order valence-corrected chi connectivity index (χ4v) is 3.94. The first-order chi connectivity index (χ1) is 14.0. The van der Waals surface area contributed by atoms with Gasteiger partial charge in [-0.3, -0.25) is 4.79 Å². The summed E-state index contributed by atoms with van der Waals surface area (Å²) >= 11 is 7.14. The third-order valence-corrected chi connectivity index (χ3v) is 5.31. The predicted octanol–water partition coefficient (Wildman–Crippen LogP) is 5.79. The Morgan fingerprint density at radius 3 is 2.83 bits per heavy atom. The molecule has 0 radical (unpaired) electrons. The summed E-state index contributed by atoms with van der Waals surface area (Å²) in [5, 5.41) is -0.128. The van der Waals surface area contributed by atoms with Gasteiger partial charge in [-0.2, -0.15) is 9.37 Å². The van der Waals surface area contributed by atoms with E-state index in [1.807, 2.05) is 31.2 Å². The van der Waals surface area contributed by atoms with E-state index < -0.39 is 5.82 Å². The number of aromatic nitrogens is 2. The summed E-state index contributed by atoms with van der Waals surface area (Å²) < 4.78 is 25.1. The van der Waals surface area contributed by atoms with Gasteiger partial charge in [0.2, 0.25) is 16.9 Å². The van der Waals surface area contributed by atoms with Crippen LogP contribution in [0, 0.1) is 5.82 Å². The van der Waals surface area contributed by atoms with Gasteiger partial charge in [-0.25, -0.2) is 4.98 Å². The van der Waals surface area contributed by atoms with Crippen molar-refractivity contribution in [1.82, 2.24) is 9.97 Å². The average molecular weight is 429 g/mol. The van der Waals surface area contributed by atoms with Crippen LogP contribution in [0.1, 0.15) is 22.8 Å². The molecule has 0 aliphatic carbocycles. The van der Waals surface area contributed by atoms with Gasteiger partial charge in [0.1, 0.15) is 0 Å². The van der Waals surface area contributed by atoms with E-state index in [0.29, 0.717) is 22.8 Å². The van der Waals surface area contributed by atoms with Crippen LogP contribution < -0.4 is 9.47 Å². The summed E-state index contributed by atoms with van der Waals surface area (Å²) in [5.74, 6) is -0.385. The normalized spacial score (nSPS) is 14.2. The second-order valence-corrected chi connectivity index (χ2v) is 7.39. The molecule has 1 aliphatic heterocycles. The second kappa shape index (κ2) is 8.23. The zero-order valence-corrected chi connectivity index (χ0v) is 16.8. The standard InChI is InChI=1S/C21H14ClFN2O3S/c1-2-27-16-9-12(10-18-19(26)13-5-3-4-6-17(13)29-18)7-8-15(16)28-20-14(23)11-24-21(22)25-20/h3-11H,2H2,1H3/b18-10-. The number of nitrogens with zero attached hydrogens (tertiary/aromatic N) is 2. The lowest BCUT2D eigenvalue weighted by Crippen LogP contribution is -1.99. The molecule has 1 aliphatic rings. The minimum Gasteiger partial charge on any atom is -0.490 e. The Morgan fingerprint density at radius 2 is 2.03 bits per heavy atom. The molecule has 29 heavy (non-hydrogen) atoms. The van der Waals surface area contributed by atoms with E-state index in [4.69, 9.17) is 21.1 Å². The van der Waals surface area contributed by atoms with E-state index in [2.05, 4.69) is 9.97 Å². The zero-order valence-electron chi connectivity index (χ0n) is 15.2. The monoisotopic (exact) mass is 428 g/mol. The molecule has 0 atom stereocenters. The van der Waals surface area contributed by atoms with Gasteiger partial charge in [-0.05, 0) is 54.4 Å². The molecule has 0 bridgehead atoms. The number of fused-ring (bicyclic) bond motifs is 1. The van der Waals surface area contributed by atoms with Crippen LogP contribution in [0.2, 0.25) is 5.28 Å². The third kappa shape index (κ3) is 4.11. The smallest absolute Gasteiger partial charge is 0.260 e. The molecule has 146 valence electrons. The first-order valence-corrected chi connectivity index (χ1v) is 9.90. The van der Waals surface area contributed by atoms with Crippen LogP contribution >= 0.6 is 23.4 Å². The molecule has 5 nitrogen and oxygen atoms in total. The SMILES string of the molecule is CCOc1cc(/C=C2\Sc3ccccc3C2=O)ccc1Oc1nc(Cl)ncc1F. The van der Waals surface area contributed by atoms with E-state index in [1.165, 1.54) is 11.8 Å². The summed E-state index contributed by atoms with van der Waals surface area (Å²) in [4.78, 5) is 21.4. The Bertz CT molecular complexity index is 1140. The van der Waals surface area contributed by atoms with Crippen molar-refractivity contribution >= 4 is 35.2 Å². The molecule has 1 aromatic heterocycles. The van der Waals surface area contributed by atoms with Gasteiger partial charge in [0, 0.05) is 10.5 Å². The molecule has 3 aromatic rings. The molecule has 8 heteroatoms. The lowest BCUT2D eigenvalue weighted by molar-refractivity contribution is 0.104. The van der Waals surface area contributed by atoms with E-state index in [0.717, 1.165) is 16.7 Å². The summed E-state index contributed by atoms with van der Waals surface area (Å²) in [7, 11) is 0. The molecule has 0 spiro atoms. The molecule has 0 saturated carbocycles. The second-order valence-electron chi connectivity index (χ2n) is 5.97. The Balaban J connectivity index is 1.65. The first kappa shape index (κ1) is 19.4. The van der Waals surface area contributed by atoms with Crippen LogP contribution in [0.15, 0.2) is 58.5 Å². The summed E-state index contributed by atoms with van der Waals surface area (Å²) in [6.45, 7) is 2.20. The van der Waals surface area contributed by atoms with E-state index in [9.17, 15) is 9.18 Å². The molecule has 4 rings (SSSR count). The largest absolute Gasteiger partial charge is 0.490 e. The lowest BCUT2D eigenvalue weighted by Gasteiger charge is -2.12. The zero-order chi connectivity index (χ0) is 20.4. The quantitative estimate of drug-likeness (QED) is 0.378. The highest BCUT2D eigenvalue weighted by Gasteiger charge is 2.25. The molecule has 2 heterocycles. The Morgan fingerprint density at radius 1 is 1.21 bits per heavy atom. The highest BCUT2D eigenvalue weighted by atomic mass is 35.5. The maximum atomic E-state index is 13.9. The van der Waals surface area contributed by atoms with Crippen molar-refractivity contribution in [1.29, 1.82) is 0 Å². The Hall–Kier alpha value is -2.90. The Kier molecular flexibility index (Phi) is 5.51. The number of benzene rings is 2. The van der Waals surface area contributed by atoms with Crippen LogP contribution in [0.4, 0.5) is 4.39 Å². The van der Waals surface area contributed by atoms with Gasteiger partial charge in [0.05, 0.1) is 17.7 Å². The van der Waals surface area contributed by atoms with E-state index >= 15 is 0 Å².